The summed E-state index contributed by atoms with van der Waals surface area (Å²) in [7, 11) is 0. The Morgan fingerprint density at radius 3 is 1.36 bits per heavy atom. The van der Waals surface area contributed by atoms with Crippen LogP contribution >= 0.6 is 0 Å². The molecule has 2 saturated heterocycles. The first-order valence-electron chi connectivity index (χ1n) is 26.3. The van der Waals surface area contributed by atoms with Crippen LogP contribution in [0.4, 0.5) is 0 Å². The lowest BCUT2D eigenvalue weighted by atomic mass is 9.86. The molecule has 4 N–H and O–H groups in total. The topological polar surface area (TPSA) is 211 Å². The molecule has 0 bridgehead atoms. The van der Waals surface area contributed by atoms with Crippen molar-refractivity contribution in [1.82, 2.24) is 20.1 Å². The molecule has 0 saturated carbocycles. The molecular formula is C58H68N4O12. The number of ether oxygens (including phenoxy) is 4. The number of hydrogen-bond donors (Lipinski definition) is 4. The summed E-state index contributed by atoms with van der Waals surface area (Å²) in [5.41, 5.74) is 11.6. The van der Waals surface area contributed by atoms with E-state index in [1.54, 1.807) is 0 Å². The van der Waals surface area contributed by atoms with Crippen molar-refractivity contribution >= 4 is 11.9 Å². The standard InChI is InChI=1S/2C29H34N2O6/c2*1-3-35-25-12-9-20(15-26(25)36-4-2)28-23-11-7-18-14-19(8-10-22(18)27(23)30-37-28)24(32)17-31-13-5-6-21(16-31)29(33)34/h2*8-10,12,14-15,21,24,32H,3-7,11,13,16-17H2,1-2H3,(H,33,34)/t21-,24+;21-,24-/m00/s1. The quantitative estimate of drug-likeness (QED) is 0.0632. The molecule has 4 aliphatic rings. The summed E-state index contributed by atoms with van der Waals surface area (Å²) in [5.74, 6) is 2.05. The SMILES string of the molecule is CCOc1ccc(-c2onc3c2CCc2cc([C@@H](O)CN4CCC[C@H](C(=O)O)C4)ccc2-3)cc1OCC.CCOc1ccc(-c2onc3c2CCc2cc([C@H](O)CN4CCC[C@H](C(=O)O)C4)ccc2-3)cc1OCC. The summed E-state index contributed by atoms with van der Waals surface area (Å²) in [6, 6.07) is 23.7. The predicted molar refractivity (Wildman–Crippen MR) is 278 cm³/mol. The number of rotatable bonds is 18. The van der Waals surface area contributed by atoms with E-state index in [-0.39, 0.29) is 11.8 Å². The Kier molecular flexibility index (Phi) is 16.7. The van der Waals surface area contributed by atoms with Crippen molar-refractivity contribution in [3.63, 3.8) is 0 Å². The zero-order valence-electron chi connectivity index (χ0n) is 42.8. The van der Waals surface area contributed by atoms with E-state index < -0.39 is 24.1 Å². The van der Waals surface area contributed by atoms with E-state index in [4.69, 9.17) is 28.0 Å². The molecule has 0 radical (unpaired) electrons. The third kappa shape index (κ3) is 11.5. The van der Waals surface area contributed by atoms with Crippen molar-refractivity contribution in [2.45, 2.75) is 91.3 Å². The van der Waals surface area contributed by atoms with E-state index in [2.05, 4.69) is 32.2 Å². The van der Waals surface area contributed by atoms with Gasteiger partial charge in [-0.2, -0.15) is 0 Å². The number of carboxylic acids is 2. The van der Waals surface area contributed by atoms with Crippen LogP contribution in [-0.2, 0) is 35.3 Å². The minimum absolute atomic E-state index is 0.357. The van der Waals surface area contributed by atoms with Crippen LogP contribution in [0.15, 0.2) is 81.8 Å². The summed E-state index contributed by atoms with van der Waals surface area (Å²) >= 11 is 0. The predicted octanol–water partition coefficient (Wildman–Crippen LogP) is 9.47. The summed E-state index contributed by atoms with van der Waals surface area (Å²) in [5, 5.41) is 49.4. The lowest BCUT2D eigenvalue weighted by Crippen LogP contribution is -2.40. The average molecular weight is 1010 g/mol. The van der Waals surface area contributed by atoms with Crippen LogP contribution < -0.4 is 18.9 Å². The highest BCUT2D eigenvalue weighted by atomic mass is 16.5. The minimum Gasteiger partial charge on any atom is -0.490 e. The fourth-order valence-electron chi connectivity index (χ4n) is 10.9. The molecule has 16 heteroatoms. The number of aliphatic hydroxyl groups excluding tert-OH is 2. The van der Waals surface area contributed by atoms with E-state index in [1.165, 1.54) is 0 Å². The Labute approximate surface area is 431 Å². The lowest BCUT2D eigenvalue weighted by molar-refractivity contribution is -0.144. The number of β-amino-alcohol motifs (C(OH)–C–C–N with tert-alkyl or cyclic N) is 2. The number of benzene rings is 4. The summed E-state index contributed by atoms with van der Waals surface area (Å²) in [4.78, 5) is 26.9. The fraction of sp³-hybridized carbons (Fsp3) is 0.448. The Bertz CT molecular complexity index is 2730. The monoisotopic (exact) mass is 1010 g/mol. The highest BCUT2D eigenvalue weighted by Gasteiger charge is 2.31. The molecular weight excluding hydrogens is 945 g/mol. The van der Waals surface area contributed by atoms with Gasteiger partial charge in [0, 0.05) is 59.6 Å². The summed E-state index contributed by atoms with van der Waals surface area (Å²) in [6.45, 7) is 13.4. The van der Waals surface area contributed by atoms with E-state index >= 15 is 0 Å². The van der Waals surface area contributed by atoms with Crippen molar-refractivity contribution in [3.05, 3.63) is 106 Å². The molecule has 2 aromatic heterocycles. The first-order chi connectivity index (χ1) is 36.0. The van der Waals surface area contributed by atoms with Gasteiger partial charge in [0.05, 0.1) is 50.5 Å². The molecule has 2 fully saturated rings. The number of carbonyl (C=O) groups is 2. The normalized spacial score (nSPS) is 18.1. The molecule has 392 valence electrons. The van der Waals surface area contributed by atoms with Crippen LogP contribution in [0.1, 0.15) is 99.0 Å². The molecule has 4 atom stereocenters. The first kappa shape index (κ1) is 52.2. The third-order valence-corrected chi connectivity index (χ3v) is 14.6. The number of aryl methyl sites for hydroxylation is 2. The number of aliphatic hydroxyl groups is 2. The van der Waals surface area contributed by atoms with Gasteiger partial charge in [0.25, 0.3) is 0 Å². The van der Waals surface area contributed by atoms with Gasteiger partial charge in [-0.15, -0.1) is 0 Å². The maximum absolute atomic E-state index is 11.4. The van der Waals surface area contributed by atoms with Crippen LogP contribution in [0.3, 0.4) is 0 Å². The van der Waals surface area contributed by atoms with E-state index in [1.807, 2.05) is 88.4 Å². The molecule has 16 nitrogen and oxygen atoms in total. The van der Waals surface area contributed by atoms with Gasteiger partial charge >= 0.3 is 11.9 Å². The van der Waals surface area contributed by atoms with E-state index in [9.17, 15) is 30.0 Å². The smallest absolute Gasteiger partial charge is 0.307 e. The van der Waals surface area contributed by atoms with Crippen molar-refractivity contribution in [2.24, 2.45) is 11.8 Å². The number of fused-ring (bicyclic) bond motifs is 6. The van der Waals surface area contributed by atoms with Crippen molar-refractivity contribution in [1.29, 1.82) is 0 Å². The second kappa shape index (κ2) is 23.7. The lowest BCUT2D eigenvalue weighted by Gasteiger charge is -2.32. The number of likely N-dealkylation sites (tertiary alicyclic amines) is 2. The van der Waals surface area contributed by atoms with Crippen LogP contribution in [0, 0.1) is 11.8 Å². The van der Waals surface area contributed by atoms with Crippen LogP contribution in [-0.4, -0.2) is 118 Å². The van der Waals surface area contributed by atoms with Gasteiger partial charge in [0.15, 0.2) is 34.5 Å². The number of carboxylic acid groups (broad SMARTS) is 2. The molecule has 4 aromatic carbocycles. The highest BCUT2D eigenvalue weighted by Crippen LogP contribution is 2.44. The zero-order valence-corrected chi connectivity index (χ0v) is 42.8. The molecule has 6 aromatic rings. The van der Waals surface area contributed by atoms with Crippen molar-refractivity contribution < 1.29 is 58.0 Å². The Morgan fingerprint density at radius 1 is 0.568 bits per heavy atom. The van der Waals surface area contributed by atoms with Crippen molar-refractivity contribution in [3.8, 4) is 68.2 Å². The van der Waals surface area contributed by atoms with Crippen LogP contribution in [0.5, 0.6) is 23.0 Å². The zero-order chi connectivity index (χ0) is 51.9. The molecule has 0 amide bonds. The van der Waals surface area contributed by atoms with E-state index in [0.29, 0.717) is 88.4 Å². The van der Waals surface area contributed by atoms with Crippen LogP contribution in [0.2, 0.25) is 0 Å². The van der Waals surface area contributed by atoms with Gasteiger partial charge in [-0.05, 0) is 151 Å². The second-order valence-electron chi connectivity index (χ2n) is 19.5. The van der Waals surface area contributed by atoms with E-state index in [0.717, 1.165) is 130 Å². The Balaban J connectivity index is 0.000000182. The largest absolute Gasteiger partial charge is 0.490 e. The molecule has 74 heavy (non-hydrogen) atoms. The number of piperidine rings is 2. The molecule has 0 unspecified atom stereocenters. The fourth-order valence-corrected chi connectivity index (χ4v) is 10.9. The highest BCUT2D eigenvalue weighted by molar-refractivity contribution is 5.79. The molecule has 2 aliphatic carbocycles. The van der Waals surface area contributed by atoms with Gasteiger partial charge in [-0.25, -0.2) is 0 Å². The average Bonchev–Trinajstić information content (AvgIpc) is 4.06. The van der Waals surface area contributed by atoms with Crippen LogP contribution in [0.25, 0.3) is 45.2 Å². The molecule has 0 spiro atoms. The van der Waals surface area contributed by atoms with Gasteiger partial charge in [0.2, 0.25) is 0 Å². The second-order valence-corrected chi connectivity index (χ2v) is 19.5. The Morgan fingerprint density at radius 2 is 0.973 bits per heavy atom. The Hall–Kier alpha value is -6.72. The minimum atomic E-state index is -0.755. The number of aliphatic carboxylic acids is 2. The molecule has 2 aliphatic heterocycles. The molecule has 10 rings (SSSR count). The third-order valence-electron chi connectivity index (χ3n) is 14.6. The maximum atomic E-state index is 11.4. The van der Waals surface area contributed by atoms with Gasteiger partial charge in [-0.1, -0.05) is 46.7 Å². The van der Waals surface area contributed by atoms with Gasteiger partial charge in [0.1, 0.15) is 11.4 Å². The summed E-state index contributed by atoms with van der Waals surface area (Å²) in [6.07, 6.45) is 4.93. The maximum Gasteiger partial charge on any atom is 0.307 e. The van der Waals surface area contributed by atoms with Gasteiger partial charge < -0.3 is 48.4 Å². The number of hydrogen-bond acceptors (Lipinski definition) is 14. The number of aromatic nitrogens is 2. The van der Waals surface area contributed by atoms with Crippen molar-refractivity contribution in [2.75, 3.05) is 65.7 Å². The molecule has 4 heterocycles. The summed E-state index contributed by atoms with van der Waals surface area (Å²) < 4.78 is 34.7. The number of nitrogens with zero attached hydrogens (tertiary/aromatic N) is 4. The van der Waals surface area contributed by atoms with Gasteiger partial charge in [-0.3, -0.25) is 19.4 Å². The first-order valence-corrected chi connectivity index (χ1v) is 26.3.